The molecule has 32 heavy (non-hydrogen) atoms. The second-order valence-corrected chi connectivity index (χ2v) is 8.87. The first kappa shape index (κ1) is 20.8. The predicted molar refractivity (Wildman–Crippen MR) is 120 cm³/mol. The van der Waals surface area contributed by atoms with Crippen molar-refractivity contribution in [3.05, 3.63) is 35.9 Å². The number of anilines is 2. The maximum atomic E-state index is 13.5. The number of hydrogen-bond donors (Lipinski definition) is 1. The number of carbonyl (C=O) groups is 2. The molecule has 0 spiro atoms. The lowest BCUT2D eigenvalue weighted by molar-refractivity contribution is 0.0588. The highest BCUT2D eigenvalue weighted by atomic mass is 16.3. The summed E-state index contributed by atoms with van der Waals surface area (Å²) in [6.45, 7) is 6.48. The summed E-state index contributed by atoms with van der Waals surface area (Å²) in [7, 11) is 0. The van der Waals surface area contributed by atoms with E-state index in [9.17, 15) is 9.59 Å². The van der Waals surface area contributed by atoms with Gasteiger partial charge in [-0.1, -0.05) is 0 Å². The number of likely N-dealkylation sites (tertiary alicyclic amines) is 1. The summed E-state index contributed by atoms with van der Waals surface area (Å²) in [6, 6.07) is 3.74. The molecule has 2 aromatic heterocycles. The van der Waals surface area contributed by atoms with E-state index in [-0.39, 0.29) is 11.8 Å². The maximum Gasteiger partial charge on any atom is 0.289 e. The Balaban J connectivity index is 1.28. The molecule has 1 unspecified atom stereocenters. The molecule has 1 N–H and O–H groups in total. The van der Waals surface area contributed by atoms with Gasteiger partial charge in [-0.2, -0.15) is 4.98 Å². The number of amides is 2. The van der Waals surface area contributed by atoms with Crippen LogP contribution < -0.4 is 10.2 Å². The Morgan fingerprint density at radius 3 is 2.84 bits per heavy atom. The van der Waals surface area contributed by atoms with Crippen LogP contribution in [0.4, 0.5) is 11.8 Å². The number of furan rings is 1. The van der Waals surface area contributed by atoms with Crippen molar-refractivity contribution >= 4 is 23.6 Å². The SMILES string of the molecule is CCNc1ncc2c(n1)N1CCCC1CN(CC1CCN(C(=O)c3ccco3)CC1)C2=O. The van der Waals surface area contributed by atoms with Gasteiger partial charge in [-0.25, -0.2) is 4.98 Å². The van der Waals surface area contributed by atoms with Crippen LogP contribution in [0.15, 0.2) is 29.0 Å². The minimum absolute atomic E-state index is 0.0199. The third kappa shape index (κ3) is 3.91. The van der Waals surface area contributed by atoms with E-state index in [0.717, 1.165) is 51.1 Å². The largest absolute Gasteiger partial charge is 0.459 e. The molecule has 2 aromatic rings. The van der Waals surface area contributed by atoms with Crippen LogP contribution in [-0.4, -0.2) is 76.9 Å². The van der Waals surface area contributed by atoms with Gasteiger partial charge in [0.2, 0.25) is 5.95 Å². The molecule has 170 valence electrons. The Labute approximate surface area is 187 Å². The van der Waals surface area contributed by atoms with Crippen LogP contribution >= 0.6 is 0 Å². The lowest BCUT2D eigenvalue weighted by Gasteiger charge is -2.35. The van der Waals surface area contributed by atoms with E-state index >= 15 is 0 Å². The highest BCUT2D eigenvalue weighted by Crippen LogP contribution is 2.33. The molecule has 5 heterocycles. The first-order valence-corrected chi connectivity index (χ1v) is 11.6. The van der Waals surface area contributed by atoms with E-state index in [0.29, 0.717) is 48.9 Å². The van der Waals surface area contributed by atoms with Crippen molar-refractivity contribution in [1.82, 2.24) is 19.8 Å². The van der Waals surface area contributed by atoms with Crippen molar-refractivity contribution < 1.29 is 14.0 Å². The van der Waals surface area contributed by atoms with Gasteiger partial charge in [0.15, 0.2) is 5.76 Å². The summed E-state index contributed by atoms with van der Waals surface area (Å²) < 4.78 is 5.26. The van der Waals surface area contributed by atoms with Crippen LogP contribution in [-0.2, 0) is 0 Å². The molecule has 5 rings (SSSR count). The second kappa shape index (κ2) is 8.80. The summed E-state index contributed by atoms with van der Waals surface area (Å²) >= 11 is 0. The summed E-state index contributed by atoms with van der Waals surface area (Å²) in [5.41, 5.74) is 0.599. The molecule has 2 fully saturated rings. The summed E-state index contributed by atoms with van der Waals surface area (Å²) in [5, 5.41) is 3.16. The zero-order valence-electron chi connectivity index (χ0n) is 18.5. The van der Waals surface area contributed by atoms with E-state index < -0.39 is 0 Å². The van der Waals surface area contributed by atoms with Crippen LogP contribution in [0.25, 0.3) is 0 Å². The Bertz CT molecular complexity index is 970. The first-order chi connectivity index (χ1) is 15.6. The van der Waals surface area contributed by atoms with Crippen molar-refractivity contribution in [1.29, 1.82) is 0 Å². The van der Waals surface area contributed by atoms with Gasteiger partial charge >= 0.3 is 0 Å². The fourth-order valence-electron chi connectivity index (χ4n) is 5.14. The van der Waals surface area contributed by atoms with Gasteiger partial charge < -0.3 is 24.4 Å². The topological polar surface area (TPSA) is 94.8 Å². The number of aromatic nitrogens is 2. The number of carbonyl (C=O) groups excluding carboxylic acids is 2. The fourth-order valence-corrected chi connectivity index (χ4v) is 5.14. The maximum absolute atomic E-state index is 13.5. The Kier molecular flexibility index (Phi) is 5.71. The molecule has 0 radical (unpaired) electrons. The summed E-state index contributed by atoms with van der Waals surface area (Å²) in [4.78, 5) is 41.2. The summed E-state index contributed by atoms with van der Waals surface area (Å²) in [5.74, 6) is 2.07. The normalized spacial score (nSPS) is 21.3. The van der Waals surface area contributed by atoms with E-state index in [2.05, 4.69) is 15.2 Å². The average Bonchev–Trinajstić information content (AvgIpc) is 3.49. The Morgan fingerprint density at radius 2 is 2.09 bits per heavy atom. The molecule has 3 aliphatic rings. The molecule has 0 saturated carbocycles. The highest BCUT2D eigenvalue weighted by Gasteiger charge is 2.38. The number of fused-ring (bicyclic) bond motifs is 3. The van der Waals surface area contributed by atoms with Crippen LogP contribution in [0.2, 0.25) is 0 Å². The van der Waals surface area contributed by atoms with Crippen molar-refractivity contribution in [3.8, 4) is 0 Å². The molecular formula is C23H30N6O3. The van der Waals surface area contributed by atoms with E-state index in [1.165, 1.54) is 6.26 Å². The number of hydrogen-bond acceptors (Lipinski definition) is 7. The van der Waals surface area contributed by atoms with Crippen LogP contribution in [0.3, 0.4) is 0 Å². The molecule has 0 aliphatic carbocycles. The molecule has 0 bridgehead atoms. The zero-order valence-corrected chi connectivity index (χ0v) is 18.5. The van der Waals surface area contributed by atoms with Crippen LogP contribution in [0.5, 0.6) is 0 Å². The highest BCUT2D eigenvalue weighted by molar-refractivity contribution is 5.99. The standard InChI is InChI=1S/C23H30N6O3/c1-2-24-23-25-13-18-20(26-23)29-9-3-5-17(29)15-28(21(18)30)14-16-7-10-27(11-8-16)22(31)19-6-4-12-32-19/h4,6,12-13,16-17H,2-3,5,7-11,14-15H2,1H3,(H,24,25,26). The summed E-state index contributed by atoms with van der Waals surface area (Å²) in [6.07, 6.45) is 7.15. The number of nitrogens with one attached hydrogen (secondary N) is 1. The quantitative estimate of drug-likeness (QED) is 0.766. The van der Waals surface area contributed by atoms with Gasteiger partial charge in [-0.3, -0.25) is 9.59 Å². The van der Waals surface area contributed by atoms with E-state index in [1.807, 2.05) is 16.7 Å². The third-order valence-electron chi connectivity index (χ3n) is 6.81. The molecule has 0 aromatic carbocycles. The number of rotatable bonds is 5. The Morgan fingerprint density at radius 1 is 1.25 bits per heavy atom. The lowest BCUT2D eigenvalue weighted by Crippen LogP contribution is -2.45. The average molecular weight is 439 g/mol. The van der Waals surface area contributed by atoms with Gasteiger partial charge in [0.25, 0.3) is 11.8 Å². The smallest absolute Gasteiger partial charge is 0.289 e. The zero-order chi connectivity index (χ0) is 22.1. The fraction of sp³-hybridized carbons (Fsp3) is 0.565. The molecule has 3 aliphatic heterocycles. The molecular weight excluding hydrogens is 408 g/mol. The predicted octanol–water partition coefficient (Wildman–Crippen LogP) is 2.48. The van der Waals surface area contributed by atoms with Crippen LogP contribution in [0, 0.1) is 5.92 Å². The minimum Gasteiger partial charge on any atom is -0.459 e. The van der Waals surface area contributed by atoms with Gasteiger partial charge in [-0.05, 0) is 50.7 Å². The Hall–Kier alpha value is -3.10. The van der Waals surface area contributed by atoms with Crippen molar-refractivity contribution in [3.63, 3.8) is 0 Å². The molecule has 9 heteroatoms. The van der Waals surface area contributed by atoms with Gasteiger partial charge in [0.05, 0.1) is 6.26 Å². The van der Waals surface area contributed by atoms with Gasteiger partial charge in [0, 0.05) is 51.5 Å². The van der Waals surface area contributed by atoms with Gasteiger partial charge in [0.1, 0.15) is 11.4 Å². The van der Waals surface area contributed by atoms with Crippen LogP contribution in [0.1, 0.15) is 53.5 Å². The second-order valence-electron chi connectivity index (χ2n) is 8.87. The van der Waals surface area contributed by atoms with Crippen molar-refractivity contribution in [2.75, 3.05) is 49.5 Å². The van der Waals surface area contributed by atoms with Crippen molar-refractivity contribution in [2.24, 2.45) is 5.92 Å². The molecule has 2 amide bonds. The van der Waals surface area contributed by atoms with Gasteiger partial charge in [-0.15, -0.1) is 0 Å². The molecule has 1 atom stereocenters. The minimum atomic E-state index is -0.0523. The molecule has 9 nitrogen and oxygen atoms in total. The van der Waals surface area contributed by atoms with Crippen molar-refractivity contribution in [2.45, 2.75) is 38.6 Å². The van der Waals surface area contributed by atoms with E-state index in [1.54, 1.807) is 18.3 Å². The monoisotopic (exact) mass is 438 g/mol. The number of nitrogens with zero attached hydrogens (tertiary/aromatic N) is 5. The third-order valence-corrected chi connectivity index (χ3v) is 6.81. The molecule has 2 saturated heterocycles. The number of piperidine rings is 1. The first-order valence-electron chi connectivity index (χ1n) is 11.6. The lowest BCUT2D eigenvalue weighted by atomic mass is 9.95. The van der Waals surface area contributed by atoms with E-state index in [4.69, 9.17) is 9.40 Å².